The fourth-order valence-corrected chi connectivity index (χ4v) is 5.27. The van der Waals surface area contributed by atoms with Crippen molar-refractivity contribution >= 4 is 5.91 Å². The number of nitrogens with zero attached hydrogens (tertiary/aromatic N) is 3. The van der Waals surface area contributed by atoms with Crippen molar-refractivity contribution in [3.8, 4) is 0 Å². The second kappa shape index (κ2) is 8.31. The van der Waals surface area contributed by atoms with Gasteiger partial charge in [0.25, 0.3) is 0 Å². The predicted octanol–water partition coefficient (Wildman–Crippen LogP) is 2.51. The Morgan fingerprint density at radius 3 is 2.81 bits per heavy atom. The van der Waals surface area contributed by atoms with Gasteiger partial charge in [0.2, 0.25) is 5.91 Å². The first-order valence-corrected chi connectivity index (χ1v) is 10.7. The summed E-state index contributed by atoms with van der Waals surface area (Å²) in [5.74, 6) is 2.50. The van der Waals surface area contributed by atoms with E-state index in [9.17, 15) is 4.79 Å². The minimum absolute atomic E-state index is 0.108. The van der Waals surface area contributed by atoms with Gasteiger partial charge >= 0.3 is 0 Å². The van der Waals surface area contributed by atoms with Crippen LogP contribution >= 0.6 is 0 Å². The molecule has 1 saturated heterocycles. The summed E-state index contributed by atoms with van der Waals surface area (Å²) < 4.78 is 7.07. The SMILES string of the molecule is COCCN1C(=O)C[C@@H](CN[C@@H]2CCC[C@H](C3CC3)C2)[C@@H]1c1cnn(C)c1. The van der Waals surface area contributed by atoms with E-state index in [0.29, 0.717) is 31.5 Å². The number of nitrogens with one attached hydrogen (secondary N) is 1. The molecule has 6 heteroatoms. The number of hydrogen-bond acceptors (Lipinski definition) is 4. The molecule has 0 aromatic carbocycles. The van der Waals surface area contributed by atoms with Gasteiger partial charge in [0.15, 0.2) is 0 Å². The van der Waals surface area contributed by atoms with Crippen molar-refractivity contribution in [2.75, 3.05) is 26.8 Å². The molecule has 4 atom stereocenters. The van der Waals surface area contributed by atoms with Gasteiger partial charge in [-0.1, -0.05) is 12.8 Å². The van der Waals surface area contributed by atoms with Crippen LogP contribution in [0.2, 0.25) is 0 Å². The summed E-state index contributed by atoms with van der Waals surface area (Å²) >= 11 is 0. The van der Waals surface area contributed by atoms with Gasteiger partial charge in [0.05, 0.1) is 18.8 Å². The van der Waals surface area contributed by atoms with Gasteiger partial charge in [0, 0.05) is 57.4 Å². The van der Waals surface area contributed by atoms with Crippen molar-refractivity contribution in [2.45, 2.75) is 57.0 Å². The Kier molecular flexibility index (Phi) is 5.83. The van der Waals surface area contributed by atoms with Crippen LogP contribution in [0.1, 0.15) is 56.6 Å². The molecule has 4 rings (SSSR count). The Morgan fingerprint density at radius 2 is 2.11 bits per heavy atom. The quantitative estimate of drug-likeness (QED) is 0.760. The molecule has 2 heterocycles. The smallest absolute Gasteiger partial charge is 0.223 e. The van der Waals surface area contributed by atoms with Crippen LogP contribution in [0.4, 0.5) is 0 Å². The van der Waals surface area contributed by atoms with Gasteiger partial charge in [-0.25, -0.2) is 0 Å². The molecule has 0 radical (unpaired) electrons. The van der Waals surface area contributed by atoms with Gasteiger partial charge in [-0.15, -0.1) is 0 Å². The van der Waals surface area contributed by atoms with Crippen LogP contribution in [0.15, 0.2) is 12.4 Å². The number of carbonyl (C=O) groups excluding carboxylic acids is 1. The van der Waals surface area contributed by atoms with Gasteiger partial charge in [-0.05, 0) is 37.5 Å². The lowest BCUT2D eigenvalue weighted by Crippen LogP contribution is -2.39. The van der Waals surface area contributed by atoms with Crippen molar-refractivity contribution in [1.82, 2.24) is 20.0 Å². The van der Waals surface area contributed by atoms with E-state index in [1.54, 1.807) is 7.11 Å². The largest absolute Gasteiger partial charge is 0.383 e. The molecule has 2 saturated carbocycles. The van der Waals surface area contributed by atoms with Crippen LogP contribution in [0, 0.1) is 17.8 Å². The number of rotatable bonds is 8. The Balaban J connectivity index is 1.41. The topological polar surface area (TPSA) is 59.4 Å². The highest BCUT2D eigenvalue weighted by molar-refractivity contribution is 5.79. The number of aromatic nitrogens is 2. The molecule has 1 aromatic heterocycles. The minimum atomic E-state index is 0.108. The van der Waals surface area contributed by atoms with Gasteiger partial charge in [0.1, 0.15) is 0 Å². The fourth-order valence-electron chi connectivity index (χ4n) is 5.27. The number of hydrogen-bond donors (Lipinski definition) is 1. The normalized spacial score (nSPS) is 31.6. The molecular weight excluding hydrogens is 340 g/mol. The van der Waals surface area contributed by atoms with Crippen molar-refractivity contribution in [3.63, 3.8) is 0 Å². The lowest BCUT2D eigenvalue weighted by Gasteiger charge is -2.32. The third-order valence-corrected chi connectivity index (χ3v) is 6.81. The molecule has 1 N–H and O–H groups in total. The molecular formula is C21H34N4O2. The van der Waals surface area contributed by atoms with Crippen molar-refractivity contribution in [1.29, 1.82) is 0 Å². The standard InChI is InChI=1S/C21H34N4O2/c1-24-14-18(13-23-24)21-17(11-20(26)25(21)8-9-27-2)12-22-19-5-3-4-16(10-19)15-6-7-15/h13-17,19,21-22H,3-12H2,1-2H3/t16-,17-,19+,21+/m0/s1. The molecule has 1 aliphatic heterocycles. The first-order chi connectivity index (χ1) is 13.2. The maximum absolute atomic E-state index is 12.7. The lowest BCUT2D eigenvalue weighted by molar-refractivity contribution is -0.129. The Hall–Kier alpha value is -1.40. The maximum atomic E-state index is 12.7. The van der Waals surface area contributed by atoms with Crippen molar-refractivity contribution in [3.05, 3.63) is 18.0 Å². The zero-order valence-electron chi connectivity index (χ0n) is 16.8. The van der Waals surface area contributed by atoms with Crippen LogP contribution in [0.5, 0.6) is 0 Å². The summed E-state index contributed by atoms with van der Waals surface area (Å²) in [6.07, 6.45) is 12.9. The second-order valence-corrected chi connectivity index (χ2v) is 8.81. The zero-order valence-corrected chi connectivity index (χ0v) is 16.8. The summed E-state index contributed by atoms with van der Waals surface area (Å²) in [5.41, 5.74) is 1.14. The fraction of sp³-hybridized carbons (Fsp3) is 0.810. The first kappa shape index (κ1) is 18.9. The number of methoxy groups -OCH3 is 1. The molecule has 0 unspecified atom stereocenters. The minimum Gasteiger partial charge on any atom is -0.383 e. The third kappa shape index (κ3) is 4.37. The van der Waals surface area contributed by atoms with E-state index >= 15 is 0 Å². The number of aryl methyl sites for hydroxylation is 1. The summed E-state index contributed by atoms with van der Waals surface area (Å²) in [6, 6.07) is 0.735. The van der Waals surface area contributed by atoms with E-state index in [4.69, 9.17) is 4.74 Å². The average Bonchev–Trinajstić information content (AvgIpc) is 3.36. The lowest BCUT2D eigenvalue weighted by atomic mass is 9.82. The zero-order chi connectivity index (χ0) is 18.8. The number of amides is 1. The summed E-state index contributed by atoms with van der Waals surface area (Å²) in [5, 5.41) is 8.19. The van der Waals surface area contributed by atoms with Gasteiger partial charge in [-0.3, -0.25) is 9.48 Å². The Labute approximate surface area is 162 Å². The Bertz CT molecular complexity index is 642. The van der Waals surface area contributed by atoms with E-state index in [0.717, 1.165) is 23.9 Å². The molecule has 1 amide bonds. The van der Waals surface area contributed by atoms with Gasteiger partial charge < -0.3 is 15.0 Å². The molecule has 27 heavy (non-hydrogen) atoms. The van der Waals surface area contributed by atoms with E-state index in [2.05, 4.69) is 16.6 Å². The van der Waals surface area contributed by atoms with Gasteiger partial charge in [-0.2, -0.15) is 5.10 Å². The highest BCUT2D eigenvalue weighted by Crippen LogP contribution is 2.44. The van der Waals surface area contributed by atoms with E-state index in [-0.39, 0.29) is 11.9 Å². The summed E-state index contributed by atoms with van der Waals surface area (Å²) in [7, 11) is 3.63. The molecule has 2 aliphatic carbocycles. The molecule has 3 aliphatic rings. The molecule has 3 fully saturated rings. The van der Waals surface area contributed by atoms with E-state index in [1.807, 2.05) is 22.8 Å². The van der Waals surface area contributed by atoms with Crippen LogP contribution in [0.25, 0.3) is 0 Å². The molecule has 6 nitrogen and oxygen atoms in total. The number of ether oxygens (including phenoxy) is 1. The highest BCUT2D eigenvalue weighted by atomic mass is 16.5. The van der Waals surface area contributed by atoms with Crippen LogP contribution in [-0.4, -0.2) is 53.4 Å². The molecule has 0 spiro atoms. The van der Waals surface area contributed by atoms with Crippen molar-refractivity contribution < 1.29 is 9.53 Å². The molecule has 150 valence electrons. The van der Waals surface area contributed by atoms with Crippen LogP contribution in [-0.2, 0) is 16.6 Å². The average molecular weight is 375 g/mol. The highest BCUT2D eigenvalue weighted by Gasteiger charge is 2.41. The van der Waals surface area contributed by atoms with E-state index in [1.165, 1.54) is 38.5 Å². The number of likely N-dealkylation sites (tertiary alicyclic amines) is 1. The maximum Gasteiger partial charge on any atom is 0.223 e. The predicted molar refractivity (Wildman–Crippen MR) is 104 cm³/mol. The van der Waals surface area contributed by atoms with E-state index < -0.39 is 0 Å². The monoisotopic (exact) mass is 374 g/mol. The summed E-state index contributed by atoms with van der Waals surface area (Å²) in [4.78, 5) is 14.7. The summed E-state index contributed by atoms with van der Waals surface area (Å²) in [6.45, 7) is 2.14. The number of carbonyl (C=O) groups is 1. The molecule has 0 bridgehead atoms. The van der Waals surface area contributed by atoms with Crippen LogP contribution < -0.4 is 5.32 Å². The first-order valence-electron chi connectivity index (χ1n) is 10.7. The van der Waals surface area contributed by atoms with Crippen LogP contribution in [0.3, 0.4) is 0 Å². The van der Waals surface area contributed by atoms with Crippen molar-refractivity contribution in [2.24, 2.45) is 24.8 Å². The molecule has 1 aromatic rings. The Morgan fingerprint density at radius 1 is 1.26 bits per heavy atom. The second-order valence-electron chi connectivity index (χ2n) is 8.81. The third-order valence-electron chi connectivity index (χ3n) is 6.81.